The van der Waals surface area contributed by atoms with Crippen molar-refractivity contribution in [3.63, 3.8) is 0 Å². The molecule has 2 heterocycles. The highest BCUT2D eigenvalue weighted by molar-refractivity contribution is 5.91. The molecule has 2 amide bonds. The number of aryl methyl sites for hydroxylation is 1. The molecule has 0 bridgehead atoms. The van der Waals surface area contributed by atoms with E-state index in [1.807, 2.05) is 35.2 Å². The molecule has 0 saturated carbocycles. The summed E-state index contributed by atoms with van der Waals surface area (Å²) in [7, 11) is 1.61. The van der Waals surface area contributed by atoms with Crippen LogP contribution in [-0.4, -0.2) is 40.7 Å². The third-order valence-electron chi connectivity index (χ3n) is 5.24. The molecule has 0 aliphatic carbocycles. The second-order valence-corrected chi connectivity index (χ2v) is 6.87. The lowest BCUT2D eigenvalue weighted by Crippen LogP contribution is -2.41. The number of urea groups is 1. The first kappa shape index (κ1) is 17.4. The zero-order valence-corrected chi connectivity index (χ0v) is 15.7. The summed E-state index contributed by atoms with van der Waals surface area (Å²) in [4.78, 5) is 19.2. The quantitative estimate of drug-likeness (QED) is 0.757. The minimum atomic E-state index is -0.0786. The molecule has 1 saturated heterocycles. The van der Waals surface area contributed by atoms with E-state index in [0.717, 1.165) is 37.3 Å². The van der Waals surface area contributed by atoms with Gasteiger partial charge in [-0.15, -0.1) is 0 Å². The lowest BCUT2D eigenvalue weighted by atomic mass is 10.0. The Kier molecular flexibility index (Phi) is 4.71. The van der Waals surface area contributed by atoms with Crippen LogP contribution in [0.1, 0.15) is 24.7 Å². The molecule has 0 atom stereocenters. The number of anilines is 1. The van der Waals surface area contributed by atoms with E-state index < -0.39 is 0 Å². The SMILES string of the molecule is COc1ccccc1NC(=O)N1CCC(n2c(C)nc3ccccc32)CC1. The van der Waals surface area contributed by atoms with E-state index in [2.05, 4.69) is 40.0 Å². The molecule has 1 fully saturated rings. The van der Waals surface area contributed by atoms with Gasteiger partial charge in [0.1, 0.15) is 11.6 Å². The maximum absolute atomic E-state index is 12.6. The highest BCUT2D eigenvalue weighted by Gasteiger charge is 2.26. The van der Waals surface area contributed by atoms with Crippen molar-refractivity contribution < 1.29 is 9.53 Å². The average Bonchev–Trinajstić information content (AvgIpc) is 3.04. The second-order valence-electron chi connectivity index (χ2n) is 6.87. The molecule has 4 rings (SSSR count). The van der Waals surface area contributed by atoms with Gasteiger partial charge in [-0.1, -0.05) is 24.3 Å². The Labute approximate surface area is 158 Å². The zero-order chi connectivity index (χ0) is 18.8. The molecule has 27 heavy (non-hydrogen) atoms. The van der Waals surface area contributed by atoms with E-state index in [1.54, 1.807) is 7.11 Å². The number of carbonyl (C=O) groups excluding carboxylic acids is 1. The first-order valence-electron chi connectivity index (χ1n) is 9.30. The Morgan fingerprint density at radius 1 is 1.11 bits per heavy atom. The number of methoxy groups -OCH3 is 1. The lowest BCUT2D eigenvalue weighted by Gasteiger charge is -2.33. The first-order chi connectivity index (χ1) is 13.2. The van der Waals surface area contributed by atoms with E-state index in [-0.39, 0.29) is 6.03 Å². The highest BCUT2D eigenvalue weighted by atomic mass is 16.5. The molecule has 2 aromatic carbocycles. The van der Waals surface area contributed by atoms with Gasteiger partial charge in [-0.05, 0) is 44.0 Å². The molecule has 6 heteroatoms. The number of carbonyl (C=O) groups is 1. The van der Waals surface area contributed by atoms with Crippen LogP contribution >= 0.6 is 0 Å². The van der Waals surface area contributed by atoms with Crippen LogP contribution in [0.25, 0.3) is 11.0 Å². The van der Waals surface area contributed by atoms with Gasteiger partial charge in [-0.25, -0.2) is 9.78 Å². The number of fused-ring (bicyclic) bond motifs is 1. The number of hydrogen-bond acceptors (Lipinski definition) is 3. The molecule has 0 radical (unpaired) electrons. The zero-order valence-electron chi connectivity index (χ0n) is 15.7. The normalized spacial score (nSPS) is 15.1. The molecule has 3 aromatic rings. The van der Waals surface area contributed by atoms with Crippen LogP contribution in [-0.2, 0) is 0 Å². The summed E-state index contributed by atoms with van der Waals surface area (Å²) >= 11 is 0. The lowest BCUT2D eigenvalue weighted by molar-refractivity contribution is 0.184. The van der Waals surface area contributed by atoms with Crippen molar-refractivity contribution in [1.82, 2.24) is 14.5 Å². The number of benzene rings is 2. The molecule has 1 aromatic heterocycles. The predicted octanol–water partition coefficient (Wildman–Crippen LogP) is 4.22. The largest absolute Gasteiger partial charge is 0.495 e. The van der Waals surface area contributed by atoms with Crippen LogP contribution in [0.5, 0.6) is 5.75 Å². The van der Waals surface area contributed by atoms with Crippen LogP contribution in [0.3, 0.4) is 0 Å². The maximum atomic E-state index is 12.6. The number of hydrogen-bond donors (Lipinski definition) is 1. The summed E-state index contributed by atoms with van der Waals surface area (Å²) < 4.78 is 7.63. The molecule has 6 nitrogen and oxygen atoms in total. The van der Waals surface area contributed by atoms with E-state index >= 15 is 0 Å². The van der Waals surface area contributed by atoms with Crippen LogP contribution in [0.15, 0.2) is 48.5 Å². The number of para-hydroxylation sites is 4. The standard InChI is InChI=1S/C21H24N4O2/c1-15-22-17-7-3-5-9-19(17)25(15)16-11-13-24(14-12-16)21(26)23-18-8-4-6-10-20(18)27-2/h3-10,16H,11-14H2,1-2H3,(H,23,26). The first-order valence-corrected chi connectivity index (χ1v) is 9.30. The molecule has 140 valence electrons. The Morgan fingerprint density at radius 2 is 1.81 bits per heavy atom. The van der Waals surface area contributed by atoms with Crippen LogP contribution in [0.2, 0.25) is 0 Å². The van der Waals surface area contributed by atoms with Gasteiger partial charge in [0.15, 0.2) is 0 Å². The van der Waals surface area contributed by atoms with Gasteiger partial charge in [0, 0.05) is 19.1 Å². The average molecular weight is 364 g/mol. The van der Waals surface area contributed by atoms with Gasteiger partial charge in [0.05, 0.1) is 23.8 Å². The molecular formula is C21H24N4O2. The minimum Gasteiger partial charge on any atom is -0.495 e. The number of likely N-dealkylation sites (tertiary alicyclic amines) is 1. The fourth-order valence-corrected chi connectivity index (χ4v) is 3.90. The summed E-state index contributed by atoms with van der Waals surface area (Å²) in [6.07, 6.45) is 1.83. The topological polar surface area (TPSA) is 59.4 Å². The fraction of sp³-hybridized carbons (Fsp3) is 0.333. The van der Waals surface area contributed by atoms with Gasteiger partial charge < -0.3 is 19.5 Å². The van der Waals surface area contributed by atoms with Gasteiger partial charge in [0.25, 0.3) is 0 Å². The third kappa shape index (κ3) is 3.35. The number of nitrogens with zero attached hydrogens (tertiary/aromatic N) is 3. The van der Waals surface area contributed by atoms with Crippen LogP contribution < -0.4 is 10.1 Å². The monoisotopic (exact) mass is 364 g/mol. The molecule has 0 spiro atoms. The number of piperidine rings is 1. The summed E-state index contributed by atoms with van der Waals surface area (Å²) in [6.45, 7) is 3.50. The smallest absolute Gasteiger partial charge is 0.321 e. The molecular weight excluding hydrogens is 340 g/mol. The van der Waals surface area contributed by atoms with Crippen molar-refractivity contribution in [1.29, 1.82) is 0 Å². The number of amides is 2. The summed E-state index contributed by atoms with van der Waals surface area (Å²) in [5.74, 6) is 1.70. The highest BCUT2D eigenvalue weighted by Crippen LogP contribution is 2.29. The molecule has 1 N–H and O–H groups in total. The van der Waals surface area contributed by atoms with E-state index in [1.165, 1.54) is 5.52 Å². The number of ether oxygens (including phenoxy) is 1. The summed E-state index contributed by atoms with van der Waals surface area (Å²) in [5.41, 5.74) is 2.90. The van der Waals surface area contributed by atoms with E-state index in [0.29, 0.717) is 17.5 Å². The Bertz CT molecular complexity index is 958. The minimum absolute atomic E-state index is 0.0786. The Balaban J connectivity index is 1.44. The van der Waals surface area contributed by atoms with Gasteiger partial charge >= 0.3 is 6.03 Å². The van der Waals surface area contributed by atoms with Crippen molar-refractivity contribution in [3.8, 4) is 5.75 Å². The van der Waals surface area contributed by atoms with Crippen molar-refractivity contribution in [2.75, 3.05) is 25.5 Å². The van der Waals surface area contributed by atoms with Gasteiger partial charge in [-0.3, -0.25) is 0 Å². The summed E-state index contributed by atoms with van der Waals surface area (Å²) in [6, 6.07) is 16.0. The number of rotatable bonds is 3. The molecule has 1 aliphatic heterocycles. The number of nitrogens with one attached hydrogen (secondary N) is 1. The maximum Gasteiger partial charge on any atom is 0.321 e. The van der Waals surface area contributed by atoms with Crippen molar-refractivity contribution >= 4 is 22.8 Å². The van der Waals surface area contributed by atoms with E-state index in [4.69, 9.17) is 4.74 Å². The van der Waals surface area contributed by atoms with Crippen molar-refractivity contribution in [2.45, 2.75) is 25.8 Å². The number of imidazole rings is 1. The molecule has 0 unspecified atom stereocenters. The van der Waals surface area contributed by atoms with Crippen molar-refractivity contribution in [3.05, 3.63) is 54.4 Å². The van der Waals surface area contributed by atoms with Gasteiger partial charge in [-0.2, -0.15) is 0 Å². The Hall–Kier alpha value is -3.02. The van der Waals surface area contributed by atoms with Crippen LogP contribution in [0.4, 0.5) is 10.5 Å². The Morgan fingerprint density at radius 3 is 2.59 bits per heavy atom. The molecule has 1 aliphatic rings. The third-order valence-corrected chi connectivity index (χ3v) is 5.24. The summed E-state index contributed by atoms with van der Waals surface area (Å²) in [5, 5.41) is 2.96. The van der Waals surface area contributed by atoms with E-state index in [9.17, 15) is 4.79 Å². The predicted molar refractivity (Wildman–Crippen MR) is 106 cm³/mol. The second kappa shape index (κ2) is 7.31. The van der Waals surface area contributed by atoms with Crippen molar-refractivity contribution in [2.24, 2.45) is 0 Å². The fourth-order valence-electron chi connectivity index (χ4n) is 3.90. The number of aromatic nitrogens is 2. The van der Waals surface area contributed by atoms with Gasteiger partial charge in [0.2, 0.25) is 0 Å². The van der Waals surface area contributed by atoms with Crippen LogP contribution in [0, 0.1) is 6.92 Å².